The fourth-order valence-corrected chi connectivity index (χ4v) is 2.32. The van der Waals surface area contributed by atoms with Crippen LogP contribution in [0.1, 0.15) is 11.3 Å². The third kappa shape index (κ3) is 3.39. The van der Waals surface area contributed by atoms with Crippen LogP contribution in [0.5, 0.6) is 11.6 Å². The first-order valence-corrected chi connectivity index (χ1v) is 7.05. The Morgan fingerprint density at radius 2 is 2.00 bits per heavy atom. The van der Waals surface area contributed by atoms with Crippen LogP contribution in [0.4, 0.5) is 0 Å². The van der Waals surface area contributed by atoms with E-state index in [4.69, 9.17) is 33.7 Å². The number of nitrogens with zero attached hydrogens (tertiary/aromatic N) is 1. The molecule has 1 aromatic carbocycles. The average Bonchev–Trinajstić information content (AvgIpc) is 2.36. The normalized spacial score (nSPS) is 10.6. The van der Waals surface area contributed by atoms with Gasteiger partial charge in [-0.3, -0.25) is 0 Å². The Kier molecular flexibility index (Phi) is 4.68. The topological polar surface area (TPSA) is 48.1 Å². The number of rotatable bonds is 3. The van der Waals surface area contributed by atoms with Crippen molar-refractivity contribution in [2.45, 2.75) is 13.5 Å². The van der Waals surface area contributed by atoms with Crippen molar-refractivity contribution in [3.63, 3.8) is 0 Å². The molecule has 2 rings (SSSR count). The summed E-state index contributed by atoms with van der Waals surface area (Å²) in [5, 5.41) is 0.962. The molecule has 0 atom stereocenters. The first-order valence-electron chi connectivity index (χ1n) is 5.50. The number of pyridine rings is 1. The molecule has 1 aromatic heterocycles. The quantitative estimate of drug-likeness (QED) is 0.805. The third-order valence-corrected chi connectivity index (χ3v) is 3.97. The first kappa shape index (κ1) is 14.6. The Morgan fingerprint density at radius 3 is 2.68 bits per heavy atom. The highest BCUT2D eigenvalue weighted by atomic mass is 79.9. The Bertz CT molecular complexity index is 620. The first-order chi connectivity index (χ1) is 9.01. The van der Waals surface area contributed by atoms with Gasteiger partial charge in [0.25, 0.3) is 0 Å². The zero-order chi connectivity index (χ0) is 14.0. The molecule has 0 aliphatic rings. The summed E-state index contributed by atoms with van der Waals surface area (Å²) in [6.45, 7) is 2.22. The Morgan fingerprint density at radius 1 is 1.26 bits per heavy atom. The number of aromatic nitrogens is 1. The van der Waals surface area contributed by atoms with Crippen LogP contribution in [0.2, 0.25) is 10.0 Å². The second kappa shape index (κ2) is 6.09. The van der Waals surface area contributed by atoms with E-state index >= 15 is 0 Å². The molecular weight excluding hydrogens is 351 g/mol. The minimum absolute atomic E-state index is 0.338. The van der Waals surface area contributed by atoms with Crippen molar-refractivity contribution in [1.29, 1.82) is 0 Å². The predicted molar refractivity (Wildman–Crippen MR) is 81.1 cm³/mol. The van der Waals surface area contributed by atoms with E-state index in [1.165, 1.54) is 0 Å². The monoisotopic (exact) mass is 360 g/mol. The summed E-state index contributed by atoms with van der Waals surface area (Å²) >= 11 is 15.4. The van der Waals surface area contributed by atoms with E-state index in [-0.39, 0.29) is 0 Å². The van der Waals surface area contributed by atoms with Crippen LogP contribution in [0.25, 0.3) is 0 Å². The molecule has 0 spiro atoms. The number of nitrogens with two attached hydrogens (primary N) is 1. The fraction of sp³-hybridized carbons (Fsp3) is 0.154. The molecule has 100 valence electrons. The van der Waals surface area contributed by atoms with Gasteiger partial charge >= 0.3 is 0 Å². The maximum absolute atomic E-state index is 6.11. The van der Waals surface area contributed by atoms with Gasteiger partial charge in [-0.15, -0.1) is 0 Å². The van der Waals surface area contributed by atoms with Crippen molar-refractivity contribution in [3.8, 4) is 11.6 Å². The van der Waals surface area contributed by atoms with Gasteiger partial charge in [-0.1, -0.05) is 29.3 Å². The lowest BCUT2D eigenvalue weighted by molar-refractivity contribution is 0.455. The summed E-state index contributed by atoms with van der Waals surface area (Å²) in [4.78, 5) is 4.32. The summed E-state index contributed by atoms with van der Waals surface area (Å²) in [7, 11) is 0. The molecule has 3 nitrogen and oxygen atoms in total. The number of halogens is 3. The largest absolute Gasteiger partial charge is 0.437 e. The van der Waals surface area contributed by atoms with E-state index in [1.807, 2.05) is 19.1 Å². The van der Waals surface area contributed by atoms with Gasteiger partial charge in [-0.25, -0.2) is 4.98 Å². The highest BCUT2D eigenvalue weighted by Crippen LogP contribution is 2.36. The summed E-state index contributed by atoms with van der Waals surface area (Å²) < 4.78 is 6.43. The third-order valence-electron chi connectivity index (χ3n) is 2.48. The molecule has 0 saturated heterocycles. The lowest BCUT2D eigenvalue weighted by Crippen LogP contribution is -2.02. The molecular formula is C13H11BrCl2N2O. The average molecular weight is 362 g/mol. The number of benzene rings is 1. The van der Waals surface area contributed by atoms with Crippen LogP contribution in [-0.2, 0) is 6.54 Å². The van der Waals surface area contributed by atoms with Crippen molar-refractivity contribution in [2.24, 2.45) is 5.73 Å². The van der Waals surface area contributed by atoms with Gasteiger partial charge < -0.3 is 10.5 Å². The maximum atomic E-state index is 6.11. The molecule has 0 amide bonds. The highest BCUT2D eigenvalue weighted by molar-refractivity contribution is 9.10. The van der Waals surface area contributed by atoms with Gasteiger partial charge in [0, 0.05) is 28.3 Å². The number of hydrogen-bond donors (Lipinski definition) is 1. The molecule has 0 bridgehead atoms. The van der Waals surface area contributed by atoms with Crippen LogP contribution in [0.15, 0.2) is 28.7 Å². The minimum Gasteiger partial charge on any atom is -0.437 e. The van der Waals surface area contributed by atoms with Gasteiger partial charge in [0.05, 0.1) is 10.0 Å². The molecule has 0 saturated carbocycles. The molecule has 0 aliphatic heterocycles. The molecule has 2 N–H and O–H groups in total. The number of hydrogen-bond acceptors (Lipinski definition) is 3. The molecule has 6 heteroatoms. The van der Waals surface area contributed by atoms with Gasteiger partial charge in [0.2, 0.25) is 5.88 Å². The van der Waals surface area contributed by atoms with Crippen LogP contribution in [0, 0.1) is 6.92 Å². The number of aryl methyl sites for hydroxylation is 1. The highest BCUT2D eigenvalue weighted by Gasteiger charge is 2.11. The van der Waals surface area contributed by atoms with E-state index in [2.05, 4.69) is 20.9 Å². The lowest BCUT2D eigenvalue weighted by Gasteiger charge is -2.11. The molecule has 2 aromatic rings. The molecule has 19 heavy (non-hydrogen) atoms. The smallest absolute Gasteiger partial charge is 0.224 e. The summed E-state index contributed by atoms with van der Waals surface area (Å²) in [6.07, 6.45) is 0. The van der Waals surface area contributed by atoms with E-state index < -0.39 is 0 Å². The fourth-order valence-electron chi connectivity index (χ4n) is 1.49. The van der Waals surface area contributed by atoms with Gasteiger partial charge in [-0.2, -0.15) is 0 Å². The zero-order valence-corrected chi connectivity index (χ0v) is 13.2. The van der Waals surface area contributed by atoms with Crippen molar-refractivity contribution in [1.82, 2.24) is 4.98 Å². The van der Waals surface area contributed by atoms with Crippen LogP contribution < -0.4 is 10.5 Å². The molecule has 0 unspecified atom stereocenters. The van der Waals surface area contributed by atoms with Crippen molar-refractivity contribution in [3.05, 3.63) is 50.0 Å². The van der Waals surface area contributed by atoms with Gasteiger partial charge in [-0.05, 0) is 35.0 Å². The van der Waals surface area contributed by atoms with Gasteiger partial charge in [0.15, 0.2) is 0 Å². The SMILES string of the molecule is Cc1ccc(CN)c(Oc2cc(Cl)c(Br)cc2Cl)n1. The summed E-state index contributed by atoms with van der Waals surface area (Å²) in [5.41, 5.74) is 7.31. The van der Waals surface area contributed by atoms with E-state index in [0.717, 1.165) is 11.3 Å². The maximum Gasteiger partial charge on any atom is 0.224 e. The second-order valence-electron chi connectivity index (χ2n) is 3.92. The van der Waals surface area contributed by atoms with Crippen molar-refractivity contribution < 1.29 is 4.74 Å². The Balaban J connectivity index is 2.41. The van der Waals surface area contributed by atoms with E-state index in [9.17, 15) is 0 Å². The molecule has 1 heterocycles. The second-order valence-corrected chi connectivity index (χ2v) is 5.59. The number of ether oxygens (including phenoxy) is 1. The summed E-state index contributed by atoms with van der Waals surface area (Å²) in [6, 6.07) is 7.08. The lowest BCUT2D eigenvalue weighted by atomic mass is 10.2. The van der Waals surface area contributed by atoms with Crippen LogP contribution in [0.3, 0.4) is 0 Å². The Hall–Kier alpha value is -0.810. The van der Waals surface area contributed by atoms with Gasteiger partial charge in [0.1, 0.15) is 5.75 Å². The van der Waals surface area contributed by atoms with Crippen molar-refractivity contribution in [2.75, 3.05) is 0 Å². The van der Waals surface area contributed by atoms with Crippen LogP contribution >= 0.6 is 39.1 Å². The standard InChI is InChI=1S/C13H11BrCl2N2O/c1-7-2-3-8(6-17)13(18-7)19-12-5-10(15)9(14)4-11(12)16/h2-5H,6,17H2,1H3. The zero-order valence-electron chi connectivity index (χ0n) is 10.1. The Labute approximate surface area is 129 Å². The molecule has 0 fully saturated rings. The van der Waals surface area contributed by atoms with Crippen LogP contribution in [-0.4, -0.2) is 4.98 Å². The molecule has 0 aliphatic carbocycles. The van der Waals surface area contributed by atoms with Crippen molar-refractivity contribution >= 4 is 39.1 Å². The van der Waals surface area contributed by atoms with E-state index in [1.54, 1.807) is 12.1 Å². The van der Waals surface area contributed by atoms with E-state index in [0.29, 0.717) is 32.7 Å². The molecule has 0 radical (unpaired) electrons. The minimum atomic E-state index is 0.338. The summed E-state index contributed by atoms with van der Waals surface area (Å²) in [5.74, 6) is 0.894. The predicted octanol–water partition coefficient (Wildman–Crippen LogP) is 4.71.